The largest absolute Gasteiger partial charge is 0.489 e. The van der Waals surface area contributed by atoms with Crippen LogP contribution in [0.2, 0.25) is 5.02 Å². The summed E-state index contributed by atoms with van der Waals surface area (Å²) in [5.74, 6) is 2.34. The first-order valence-corrected chi connectivity index (χ1v) is 10.7. The molecule has 1 aromatic carbocycles. The summed E-state index contributed by atoms with van der Waals surface area (Å²) in [6.45, 7) is 8.03. The summed E-state index contributed by atoms with van der Waals surface area (Å²) >= 11 is 6.01. The summed E-state index contributed by atoms with van der Waals surface area (Å²) in [6, 6.07) is 7.95. The van der Waals surface area contributed by atoms with Crippen LogP contribution in [0.15, 0.2) is 29.3 Å². The van der Waals surface area contributed by atoms with E-state index in [1.807, 2.05) is 38.2 Å². The van der Waals surface area contributed by atoms with Crippen molar-refractivity contribution in [2.45, 2.75) is 38.3 Å². The average molecular weight is 409 g/mol. The number of aliphatic imine (C=N–C) groups is 1. The minimum atomic E-state index is 0.00694. The van der Waals surface area contributed by atoms with Gasteiger partial charge in [-0.3, -0.25) is 4.99 Å². The Kier molecular flexibility index (Phi) is 8.25. The molecule has 0 radical (unpaired) electrons. The van der Waals surface area contributed by atoms with E-state index >= 15 is 0 Å². The van der Waals surface area contributed by atoms with Gasteiger partial charge < -0.3 is 25.0 Å². The van der Waals surface area contributed by atoms with E-state index in [2.05, 4.69) is 20.5 Å². The fraction of sp³-hybridized carbons (Fsp3) is 0.667. The van der Waals surface area contributed by atoms with Crippen molar-refractivity contribution in [3.05, 3.63) is 29.3 Å². The molecule has 0 spiro atoms. The minimum Gasteiger partial charge on any atom is -0.489 e. The molecule has 0 amide bonds. The number of guanidine groups is 1. The molecule has 7 heteroatoms. The van der Waals surface area contributed by atoms with Gasteiger partial charge in [0, 0.05) is 44.4 Å². The highest BCUT2D eigenvalue weighted by Gasteiger charge is 2.24. The molecule has 2 atom stereocenters. The summed E-state index contributed by atoms with van der Waals surface area (Å²) < 4.78 is 11.4. The summed E-state index contributed by atoms with van der Waals surface area (Å²) in [6.07, 6.45) is 3.50. The lowest BCUT2D eigenvalue weighted by molar-refractivity contribution is 0.150. The molecule has 2 heterocycles. The van der Waals surface area contributed by atoms with Crippen molar-refractivity contribution in [2.24, 2.45) is 10.9 Å². The van der Waals surface area contributed by atoms with Crippen LogP contribution in [0.4, 0.5) is 0 Å². The van der Waals surface area contributed by atoms with Crippen LogP contribution in [0.5, 0.6) is 5.75 Å². The van der Waals surface area contributed by atoms with Gasteiger partial charge in [0.25, 0.3) is 0 Å². The van der Waals surface area contributed by atoms with E-state index in [9.17, 15) is 0 Å². The van der Waals surface area contributed by atoms with Gasteiger partial charge in [0.2, 0.25) is 0 Å². The number of piperidine rings is 1. The topological polar surface area (TPSA) is 58.1 Å². The SMILES string of the molecule is CN=C(NCC(C)Oc1cccc(Cl)c1)NC1CCN(CC2CCOC2)CC1. The predicted octanol–water partition coefficient (Wildman–Crippen LogP) is 2.77. The van der Waals surface area contributed by atoms with E-state index in [1.165, 1.54) is 13.0 Å². The Morgan fingerprint density at radius 3 is 2.86 bits per heavy atom. The molecule has 0 aliphatic carbocycles. The van der Waals surface area contributed by atoms with E-state index in [4.69, 9.17) is 21.1 Å². The van der Waals surface area contributed by atoms with Crippen molar-refractivity contribution in [3.63, 3.8) is 0 Å². The number of likely N-dealkylation sites (tertiary alicyclic amines) is 1. The normalized spacial score (nSPS) is 22.8. The van der Waals surface area contributed by atoms with Crippen molar-refractivity contribution in [2.75, 3.05) is 46.4 Å². The van der Waals surface area contributed by atoms with Gasteiger partial charge in [-0.05, 0) is 50.3 Å². The second-order valence-corrected chi connectivity index (χ2v) is 8.22. The quantitative estimate of drug-likeness (QED) is 0.536. The first-order valence-electron chi connectivity index (χ1n) is 10.3. The van der Waals surface area contributed by atoms with Gasteiger partial charge in [-0.2, -0.15) is 0 Å². The number of rotatable bonds is 7. The van der Waals surface area contributed by atoms with Crippen LogP contribution in [0.25, 0.3) is 0 Å². The Hall–Kier alpha value is -1.50. The van der Waals surface area contributed by atoms with Crippen LogP contribution in [0.1, 0.15) is 26.2 Å². The lowest BCUT2D eigenvalue weighted by atomic mass is 10.0. The number of hydrogen-bond acceptors (Lipinski definition) is 4. The molecule has 156 valence electrons. The monoisotopic (exact) mass is 408 g/mol. The van der Waals surface area contributed by atoms with E-state index in [1.54, 1.807) is 0 Å². The highest BCUT2D eigenvalue weighted by Crippen LogP contribution is 2.19. The van der Waals surface area contributed by atoms with Gasteiger partial charge in [0.1, 0.15) is 11.9 Å². The molecular formula is C21H33ClN4O2. The van der Waals surface area contributed by atoms with Crippen molar-refractivity contribution < 1.29 is 9.47 Å². The van der Waals surface area contributed by atoms with Crippen LogP contribution >= 0.6 is 11.6 Å². The fourth-order valence-corrected chi connectivity index (χ4v) is 3.98. The van der Waals surface area contributed by atoms with Gasteiger partial charge in [-0.15, -0.1) is 0 Å². The lowest BCUT2D eigenvalue weighted by Crippen LogP contribution is -2.50. The molecule has 3 rings (SSSR count). The summed E-state index contributed by atoms with van der Waals surface area (Å²) in [5, 5.41) is 7.61. The third-order valence-electron chi connectivity index (χ3n) is 5.38. The molecule has 0 saturated carbocycles. The zero-order chi connectivity index (χ0) is 19.8. The molecule has 6 nitrogen and oxygen atoms in total. The molecule has 2 saturated heterocycles. The molecule has 28 heavy (non-hydrogen) atoms. The molecule has 2 aliphatic heterocycles. The maximum absolute atomic E-state index is 6.01. The van der Waals surface area contributed by atoms with Gasteiger partial charge in [0.15, 0.2) is 5.96 Å². The predicted molar refractivity (Wildman–Crippen MR) is 114 cm³/mol. The fourth-order valence-electron chi connectivity index (χ4n) is 3.80. The first kappa shape index (κ1) is 21.2. The summed E-state index contributed by atoms with van der Waals surface area (Å²) in [5.41, 5.74) is 0. The van der Waals surface area contributed by atoms with Crippen LogP contribution in [-0.2, 0) is 4.74 Å². The maximum Gasteiger partial charge on any atom is 0.191 e. The highest BCUT2D eigenvalue weighted by molar-refractivity contribution is 6.30. The van der Waals surface area contributed by atoms with Crippen molar-refractivity contribution in [1.29, 1.82) is 0 Å². The number of ether oxygens (including phenoxy) is 2. The molecular weight excluding hydrogens is 376 g/mol. The van der Waals surface area contributed by atoms with Crippen LogP contribution < -0.4 is 15.4 Å². The van der Waals surface area contributed by atoms with Crippen molar-refractivity contribution >= 4 is 17.6 Å². The zero-order valence-corrected chi connectivity index (χ0v) is 17.8. The van der Waals surface area contributed by atoms with E-state index in [-0.39, 0.29) is 6.10 Å². The Labute approximate surface area is 173 Å². The molecule has 2 aliphatic rings. The molecule has 2 fully saturated rings. The third kappa shape index (κ3) is 6.83. The number of hydrogen-bond donors (Lipinski definition) is 2. The van der Waals surface area contributed by atoms with Crippen LogP contribution in [-0.4, -0.2) is 69.4 Å². The van der Waals surface area contributed by atoms with Gasteiger partial charge in [-0.1, -0.05) is 17.7 Å². The Bertz CT molecular complexity index is 629. The van der Waals surface area contributed by atoms with E-state index in [0.29, 0.717) is 17.6 Å². The molecule has 1 aromatic rings. The zero-order valence-electron chi connectivity index (χ0n) is 17.0. The first-order chi connectivity index (χ1) is 13.6. The van der Waals surface area contributed by atoms with E-state index < -0.39 is 0 Å². The maximum atomic E-state index is 6.01. The number of halogens is 1. The smallest absolute Gasteiger partial charge is 0.191 e. The molecule has 0 bridgehead atoms. The minimum absolute atomic E-state index is 0.00694. The molecule has 2 unspecified atom stereocenters. The van der Waals surface area contributed by atoms with Gasteiger partial charge in [0.05, 0.1) is 13.2 Å². The Morgan fingerprint density at radius 1 is 1.36 bits per heavy atom. The number of nitrogens with one attached hydrogen (secondary N) is 2. The van der Waals surface area contributed by atoms with Crippen molar-refractivity contribution in [1.82, 2.24) is 15.5 Å². The van der Waals surface area contributed by atoms with Gasteiger partial charge >= 0.3 is 0 Å². The molecule has 0 aromatic heterocycles. The van der Waals surface area contributed by atoms with Crippen LogP contribution in [0.3, 0.4) is 0 Å². The number of nitrogens with zero attached hydrogens (tertiary/aromatic N) is 2. The second kappa shape index (κ2) is 10.9. The number of benzene rings is 1. The lowest BCUT2D eigenvalue weighted by Gasteiger charge is -2.34. The average Bonchev–Trinajstić information content (AvgIpc) is 3.19. The standard InChI is InChI=1S/C21H33ClN4O2/c1-16(28-20-5-3-4-18(22)12-20)13-24-21(23-2)25-19-6-9-26(10-7-19)14-17-8-11-27-15-17/h3-5,12,16-17,19H,6-11,13-15H2,1-2H3,(H2,23,24,25). The second-order valence-electron chi connectivity index (χ2n) is 7.79. The van der Waals surface area contributed by atoms with E-state index in [0.717, 1.165) is 56.8 Å². The Morgan fingerprint density at radius 2 is 2.18 bits per heavy atom. The summed E-state index contributed by atoms with van der Waals surface area (Å²) in [7, 11) is 1.81. The van der Waals surface area contributed by atoms with Crippen LogP contribution in [0, 0.1) is 5.92 Å². The van der Waals surface area contributed by atoms with Gasteiger partial charge in [-0.25, -0.2) is 0 Å². The van der Waals surface area contributed by atoms with Crippen molar-refractivity contribution in [3.8, 4) is 5.75 Å². The Balaban J connectivity index is 1.35. The summed E-state index contributed by atoms with van der Waals surface area (Å²) in [4.78, 5) is 6.94. The third-order valence-corrected chi connectivity index (χ3v) is 5.62. The highest BCUT2D eigenvalue weighted by atomic mass is 35.5. The molecule has 2 N–H and O–H groups in total.